The molecule has 258 valence electrons. The number of rotatable bonds is 4. The van der Waals surface area contributed by atoms with E-state index in [-0.39, 0.29) is 5.41 Å². The van der Waals surface area contributed by atoms with E-state index in [1.807, 2.05) is 0 Å². The first-order valence-electron chi connectivity index (χ1n) is 19.4. The van der Waals surface area contributed by atoms with Crippen molar-refractivity contribution in [1.29, 1.82) is 0 Å². The van der Waals surface area contributed by atoms with Crippen LogP contribution in [0.2, 0.25) is 0 Å². The van der Waals surface area contributed by atoms with Gasteiger partial charge in [0.25, 0.3) is 0 Å². The zero-order valence-corrected chi connectivity index (χ0v) is 31.0. The summed E-state index contributed by atoms with van der Waals surface area (Å²) in [4.78, 5) is 0. The summed E-state index contributed by atoms with van der Waals surface area (Å²) in [7, 11) is 0. The van der Waals surface area contributed by atoms with Crippen molar-refractivity contribution in [2.24, 2.45) is 0 Å². The van der Waals surface area contributed by atoms with Crippen molar-refractivity contribution in [3.63, 3.8) is 0 Å². The van der Waals surface area contributed by atoms with E-state index in [0.29, 0.717) is 0 Å². The number of hydrogen-bond donors (Lipinski definition) is 0. The third-order valence-electron chi connectivity index (χ3n) is 12.3. The molecule has 1 aliphatic carbocycles. The van der Waals surface area contributed by atoms with Crippen LogP contribution in [0.5, 0.6) is 0 Å². The molecular formula is C55H38. The highest BCUT2D eigenvalue weighted by Crippen LogP contribution is 2.53. The molecule has 0 aliphatic heterocycles. The fraction of sp³-hybridized carbons (Fsp3) is 0.0545. The molecule has 0 atom stereocenters. The molecule has 55 heavy (non-hydrogen) atoms. The Morgan fingerprint density at radius 2 is 0.673 bits per heavy atom. The van der Waals surface area contributed by atoms with Gasteiger partial charge in [0, 0.05) is 5.41 Å². The van der Waals surface area contributed by atoms with E-state index in [9.17, 15) is 0 Å². The average Bonchev–Trinajstić information content (AvgIpc) is 3.48. The molecule has 0 saturated heterocycles. The maximum atomic E-state index is 2.47. The SMILES string of the molecule is CC1(C)c2ccccc2-c2c1cc(-c1ccc(-c3c4ccccc4c(-c4ccc(-c5ccccc5)c5ccccc45)c4ccccc34)cc1)c1ccccc21. The minimum atomic E-state index is -0.0720. The molecule has 0 bridgehead atoms. The first-order valence-corrected chi connectivity index (χ1v) is 19.4. The van der Waals surface area contributed by atoms with E-state index in [0.717, 1.165) is 0 Å². The lowest BCUT2D eigenvalue weighted by atomic mass is 9.80. The van der Waals surface area contributed by atoms with Crippen LogP contribution in [0.1, 0.15) is 25.0 Å². The Morgan fingerprint density at radius 3 is 1.29 bits per heavy atom. The molecular weight excluding hydrogens is 661 g/mol. The van der Waals surface area contributed by atoms with Crippen LogP contribution in [-0.4, -0.2) is 0 Å². The lowest BCUT2D eigenvalue weighted by Gasteiger charge is -2.23. The highest BCUT2D eigenvalue weighted by atomic mass is 14.4. The van der Waals surface area contributed by atoms with E-state index in [2.05, 4.69) is 208 Å². The highest BCUT2D eigenvalue weighted by molar-refractivity contribution is 6.24. The van der Waals surface area contributed by atoms with Crippen LogP contribution >= 0.6 is 0 Å². The molecule has 0 nitrogen and oxygen atoms in total. The molecule has 0 saturated carbocycles. The summed E-state index contributed by atoms with van der Waals surface area (Å²) in [5.74, 6) is 0. The van der Waals surface area contributed by atoms with E-state index >= 15 is 0 Å². The summed E-state index contributed by atoms with van der Waals surface area (Å²) >= 11 is 0. The molecule has 0 spiro atoms. The van der Waals surface area contributed by atoms with Gasteiger partial charge in [-0.15, -0.1) is 0 Å². The maximum absolute atomic E-state index is 2.47. The van der Waals surface area contributed by atoms with Crippen molar-refractivity contribution in [1.82, 2.24) is 0 Å². The monoisotopic (exact) mass is 698 g/mol. The lowest BCUT2D eigenvalue weighted by Crippen LogP contribution is -2.15. The topological polar surface area (TPSA) is 0 Å². The third-order valence-corrected chi connectivity index (χ3v) is 12.3. The van der Waals surface area contributed by atoms with Crippen molar-refractivity contribution in [3.8, 4) is 55.6 Å². The van der Waals surface area contributed by atoms with E-state index in [1.54, 1.807) is 0 Å². The zero-order chi connectivity index (χ0) is 36.7. The average molecular weight is 699 g/mol. The van der Waals surface area contributed by atoms with Crippen molar-refractivity contribution in [2.45, 2.75) is 19.3 Å². The van der Waals surface area contributed by atoms with Gasteiger partial charge in [0.2, 0.25) is 0 Å². The maximum Gasteiger partial charge on any atom is 0.0159 e. The summed E-state index contributed by atoms with van der Waals surface area (Å²) in [5.41, 5.74) is 15.6. The van der Waals surface area contributed by atoms with Crippen LogP contribution in [0, 0.1) is 0 Å². The quantitative estimate of drug-likeness (QED) is 0.161. The third kappa shape index (κ3) is 4.71. The molecule has 0 amide bonds. The Balaban J connectivity index is 1.10. The lowest BCUT2D eigenvalue weighted by molar-refractivity contribution is 0.661. The van der Waals surface area contributed by atoms with Crippen molar-refractivity contribution >= 4 is 43.1 Å². The fourth-order valence-electron chi connectivity index (χ4n) is 9.72. The normalized spacial score (nSPS) is 13.1. The summed E-state index contributed by atoms with van der Waals surface area (Å²) < 4.78 is 0. The van der Waals surface area contributed by atoms with Crippen LogP contribution in [0.25, 0.3) is 98.7 Å². The van der Waals surface area contributed by atoms with Gasteiger partial charge in [-0.2, -0.15) is 0 Å². The van der Waals surface area contributed by atoms with E-state index < -0.39 is 0 Å². The van der Waals surface area contributed by atoms with E-state index in [1.165, 1.54) is 110 Å². The van der Waals surface area contributed by atoms with Gasteiger partial charge in [-0.25, -0.2) is 0 Å². The number of hydrogen-bond acceptors (Lipinski definition) is 0. The number of fused-ring (bicyclic) bond motifs is 8. The number of benzene rings is 10. The van der Waals surface area contributed by atoms with Gasteiger partial charge in [0.15, 0.2) is 0 Å². The Morgan fingerprint density at radius 1 is 0.255 bits per heavy atom. The van der Waals surface area contributed by atoms with Crippen molar-refractivity contribution < 1.29 is 0 Å². The van der Waals surface area contributed by atoms with Gasteiger partial charge in [0.05, 0.1) is 0 Å². The molecule has 0 N–H and O–H groups in total. The van der Waals surface area contributed by atoms with Crippen LogP contribution in [-0.2, 0) is 5.41 Å². The molecule has 1 aliphatic rings. The van der Waals surface area contributed by atoms with Crippen LogP contribution in [0.3, 0.4) is 0 Å². The van der Waals surface area contributed by atoms with Gasteiger partial charge >= 0.3 is 0 Å². The summed E-state index contributed by atoms with van der Waals surface area (Å²) in [6.07, 6.45) is 0. The minimum absolute atomic E-state index is 0.0720. The second-order valence-electron chi connectivity index (χ2n) is 15.6. The Hall–Kier alpha value is -6.76. The molecule has 0 fully saturated rings. The van der Waals surface area contributed by atoms with Crippen LogP contribution < -0.4 is 0 Å². The second kappa shape index (κ2) is 12.1. The smallest absolute Gasteiger partial charge is 0.0159 e. The predicted molar refractivity (Wildman–Crippen MR) is 236 cm³/mol. The van der Waals surface area contributed by atoms with Crippen molar-refractivity contribution in [3.05, 3.63) is 205 Å². The van der Waals surface area contributed by atoms with Gasteiger partial charge in [-0.3, -0.25) is 0 Å². The molecule has 0 heterocycles. The minimum Gasteiger partial charge on any atom is -0.0622 e. The van der Waals surface area contributed by atoms with Gasteiger partial charge in [0.1, 0.15) is 0 Å². The van der Waals surface area contributed by atoms with E-state index in [4.69, 9.17) is 0 Å². The van der Waals surface area contributed by atoms with Crippen molar-refractivity contribution in [2.75, 3.05) is 0 Å². The largest absolute Gasteiger partial charge is 0.0622 e. The van der Waals surface area contributed by atoms with Crippen LogP contribution in [0.15, 0.2) is 194 Å². The fourth-order valence-corrected chi connectivity index (χ4v) is 9.72. The van der Waals surface area contributed by atoms with Gasteiger partial charge in [-0.1, -0.05) is 202 Å². The summed E-state index contributed by atoms with van der Waals surface area (Å²) in [5, 5.41) is 10.2. The zero-order valence-electron chi connectivity index (χ0n) is 31.0. The Labute approximate surface area is 322 Å². The highest BCUT2D eigenvalue weighted by Gasteiger charge is 2.37. The molecule has 0 heteroatoms. The summed E-state index contributed by atoms with van der Waals surface area (Å²) in [6.45, 7) is 4.75. The first kappa shape index (κ1) is 31.7. The molecule has 0 aromatic heterocycles. The van der Waals surface area contributed by atoms with Crippen LogP contribution in [0.4, 0.5) is 0 Å². The molecule has 0 unspecified atom stereocenters. The molecule has 0 radical (unpaired) electrons. The Kier molecular flexibility index (Phi) is 7.00. The first-order chi connectivity index (χ1) is 27.1. The van der Waals surface area contributed by atoms with Gasteiger partial charge < -0.3 is 0 Å². The van der Waals surface area contributed by atoms with Gasteiger partial charge in [-0.05, 0) is 116 Å². The summed E-state index contributed by atoms with van der Waals surface area (Å²) in [6, 6.07) is 72.0. The Bertz CT molecular complexity index is 3090. The molecule has 10 aromatic rings. The molecule has 11 rings (SSSR count). The standard InChI is InChI=1S/C55H38/c1-55(2)50-27-15-14-26-48(50)54-42-21-9-8-20-41(42)49(34-51(54)55)36-28-30-37(31-29-36)52-43-22-10-12-24-45(43)53(46-25-13-11-23-44(46)52)47-33-32-38(35-16-4-3-5-17-35)39-18-6-7-19-40(39)47/h3-34H,1-2H3. The predicted octanol–water partition coefficient (Wildman–Crippen LogP) is 15.3. The second-order valence-corrected chi connectivity index (χ2v) is 15.6. The molecule has 10 aromatic carbocycles.